The van der Waals surface area contributed by atoms with Gasteiger partial charge in [-0.3, -0.25) is 4.98 Å². The zero-order valence-electron chi connectivity index (χ0n) is 11.5. The van der Waals surface area contributed by atoms with Gasteiger partial charge in [-0.05, 0) is 49.1 Å². The van der Waals surface area contributed by atoms with Crippen molar-refractivity contribution < 1.29 is 0 Å². The highest BCUT2D eigenvalue weighted by Crippen LogP contribution is 2.31. The predicted molar refractivity (Wildman–Crippen MR) is 78.0 cm³/mol. The minimum Gasteiger partial charge on any atom is -0.302 e. The molecular formula is C17H17N3. The van der Waals surface area contributed by atoms with Crippen LogP contribution in [0.4, 0.5) is 0 Å². The summed E-state index contributed by atoms with van der Waals surface area (Å²) in [6.07, 6.45) is 4.07. The molecular weight excluding hydrogens is 246 g/mol. The van der Waals surface area contributed by atoms with Gasteiger partial charge in [0.05, 0.1) is 23.4 Å². The van der Waals surface area contributed by atoms with Crippen LogP contribution in [0.2, 0.25) is 0 Å². The minimum absolute atomic E-state index is 0.251. The molecule has 2 atom stereocenters. The summed E-state index contributed by atoms with van der Waals surface area (Å²) in [5.41, 5.74) is 4.45. The molecule has 3 rings (SSSR count). The molecule has 3 nitrogen and oxygen atoms in total. The van der Waals surface area contributed by atoms with Gasteiger partial charge in [-0.2, -0.15) is 5.26 Å². The van der Waals surface area contributed by atoms with Crippen LogP contribution in [0.15, 0.2) is 42.6 Å². The van der Waals surface area contributed by atoms with E-state index in [2.05, 4.69) is 29.4 Å². The minimum atomic E-state index is 0.251. The van der Waals surface area contributed by atoms with E-state index in [9.17, 15) is 0 Å². The molecule has 0 radical (unpaired) electrons. The fourth-order valence-electron chi connectivity index (χ4n) is 2.82. The van der Waals surface area contributed by atoms with Gasteiger partial charge in [0.1, 0.15) is 0 Å². The largest absolute Gasteiger partial charge is 0.302 e. The van der Waals surface area contributed by atoms with Gasteiger partial charge in [0, 0.05) is 12.2 Å². The third kappa shape index (κ3) is 2.43. The van der Waals surface area contributed by atoms with Crippen molar-refractivity contribution in [3.8, 4) is 6.07 Å². The topological polar surface area (TPSA) is 48.7 Å². The van der Waals surface area contributed by atoms with E-state index in [1.54, 1.807) is 0 Å². The molecule has 3 heteroatoms. The standard InChI is InChI=1S/C17H17N3/c1-12(14-6-4-13(11-18)5-7-14)20-16-9-8-15-3-2-10-19-17(15)16/h2-7,10,12,16,20H,8-9H2,1H3. The molecule has 0 saturated heterocycles. The number of aromatic nitrogens is 1. The monoisotopic (exact) mass is 263 g/mol. The van der Waals surface area contributed by atoms with E-state index in [1.807, 2.05) is 36.5 Å². The molecule has 0 bridgehead atoms. The first-order valence-corrected chi connectivity index (χ1v) is 6.98. The Kier molecular flexibility index (Phi) is 3.49. The van der Waals surface area contributed by atoms with Gasteiger partial charge in [0.15, 0.2) is 0 Å². The fourth-order valence-corrected chi connectivity index (χ4v) is 2.82. The molecule has 1 aliphatic rings. The highest BCUT2D eigenvalue weighted by molar-refractivity contribution is 5.33. The summed E-state index contributed by atoms with van der Waals surface area (Å²) in [7, 11) is 0. The van der Waals surface area contributed by atoms with Crippen molar-refractivity contribution in [2.45, 2.75) is 31.8 Å². The molecule has 0 spiro atoms. The molecule has 1 N–H and O–H groups in total. The zero-order chi connectivity index (χ0) is 13.9. The highest BCUT2D eigenvalue weighted by Gasteiger charge is 2.24. The van der Waals surface area contributed by atoms with Crippen LogP contribution in [0.5, 0.6) is 0 Å². The number of benzene rings is 1. The molecule has 100 valence electrons. The SMILES string of the molecule is CC(NC1CCc2cccnc21)c1ccc(C#N)cc1. The van der Waals surface area contributed by atoms with E-state index >= 15 is 0 Å². The van der Waals surface area contributed by atoms with Crippen molar-refractivity contribution in [3.05, 3.63) is 65.0 Å². The Morgan fingerprint density at radius 2 is 2.10 bits per heavy atom. The summed E-state index contributed by atoms with van der Waals surface area (Å²) >= 11 is 0. The van der Waals surface area contributed by atoms with E-state index in [0.29, 0.717) is 11.6 Å². The molecule has 0 fully saturated rings. The summed E-state index contributed by atoms with van der Waals surface area (Å²) in [5, 5.41) is 12.5. The molecule has 0 amide bonds. The number of pyridine rings is 1. The van der Waals surface area contributed by atoms with Crippen LogP contribution in [0.1, 0.15) is 47.8 Å². The number of hydrogen-bond acceptors (Lipinski definition) is 3. The third-order valence-corrected chi connectivity index (χ3v) is 3.95. The Morgan fingerprint density at radius 1 is 1.30 bits per heavy atom. The maximum atomic E-state index is 8.83. The maximum absolute atomic E-state index is 8.83. The van der Waals surface area contributed by atoms with Gasteiger partial charge in [0.2, 0.25) is 0 Å². The number of fused-ring (bicyclic) bond motifs is 1. The lowest BCUT2D eigenvalue weighted by molar-refractivity contribution is 0.458. The second-order valence-electron chi connectivity index (χ2n) is 5.26. The maximum Gasteiger partial charge on any atom is 0.0991 e. The van der Waals surface area contributed by atoms with Crippen LogP contribution in [-0.4, -0.2) is 4.98 Å². The molecule has 20 heavy (non-hydrogen) atoms. The van der Waals surface area contributed by atoms with E-state index in [1.165, 1.54) is 16.8 Å². The summed E-state index contributed by atoms with van der Waals surface area (Å²) in [6.45, 7) is 2.16. The summed E-state index contributed by atoms with van der Waals surface area (Å²) in [4.78, 5) is 4.51. The number of rotatable bonds is 3. The molecule has 1 aromatic heterocycles. The molecule has 0 saturated carbocycles. The lowest BCUT2D eigenvalue weighted by Crippen LogP contribution is -2.23. The van der Waals surface area contributed by atoms with Gasteiger partial charge in [0.25, 0.3) is 0 Å². The van der Waals surface area contributed by atoms with E-state index in [0.717, 1.165) is 12.8 Å². The first kappa shape index (κ1) is 12.8. The Labute approximate surface area is 119 Å². The van der Waals surface area contributed by atoms with E-state index < -0.39 is 0 Å². The number of hydrogen-bond donors (Lipinski definition) is 1. The van der Waals surface area contributed by atoms with Crippen molar-refractivity contribution in [3.63, 3.8) is 0 Å². The first-order chi connectivity index (χ1) is 9.78. The molecule has 1 aromatic carbocycles. The van der Waals surface area contributed by atoms with Gasteiger partial charge in [-0.1, -0.05) is 18.2 Å². The Hall–Kier alpha value is -2.18. The lowest BCUT2D eigenvalue weighted by Gasteiger charge is -2.20. The predicted octanol–water partition coefficient (Wildman–Crippen LogP) is 3.29. The second-order valence-corrected chi connectivity index (χ2v) is 5.26. The fraction of sp³-hybridized carbons (Fsp3) is 0.294. The Bertz CT molecular complexity index is 640. The Morgan fingerprint density at radius 3 is 2.85 bits per heavy atom. The van der Waals surface area contributed by atoms with Crippen LogP contribution >= 0.6 is 0 Å². The van der Waals surface area contributed by atoms with Crippen LogP contribution < -0.4 is 5.32 Å². The van der Waals surface area contributed by atoms with Crippen molar-refractivity contribution in [2.75, 3.05) is 0 Å². The van der Waals surface area contributed by atoms with Gasteiger partial charge >= 0.3 is 0 Å². The van der Waals surface area contributed by atoms with Crippen LogP contribution in [-0.2, 0) is 6.42 Å². The third-order valence-electron chi connectivity index (χ3n) is 3.95. The summed E-state index contributed by atoms with van der Waals surface area (Å²) in [5.74, 6) is 0. The van der Waals surface area contributed by atoms with Crippen molar-refractivity contribution in [2.24, 2.45) is 0 Å². The molecule has 2 aromatic rings. The normalized spacial score (nSPS) is 18.3. The van der Waals surface area contributed by atoms with Crippen LogP contribution in [0, 0.1) is 11.3 Å². The lowest BCUT2D eigenvalue weighted by atomic mass is 10.0. The van der Waals surface area contributed by atoms with Gasteiger partial charge in [-0.15, -0.1) is 0 Å². The number of nitriles is 1. The second kappa shape index (κ2) is 5.44. The highest BCUT2D eigenvalue weighted by atomic mass is 15.0. The summed E-state index contributed by atoms with van der Waals surface area (Å²) in [6, 6.07) is 14.7. The quantitative estimate of drug-likeness (QED) is 0.924. The molecule has 0 aliphatic heterocycles. The first-order valence-electron chi connectivity index (χ1n) is 6.98. The molecule has 1 heterocycles. The summed E-state index contributed by atoms with van der Waals surface area (Å²) < 4.78 is 0. The van der Waals surface area contributed by atoms with E-state index in [4.69, 9.17) is 5.26 Å². The smallest absolute Gasteiger partial charge is 0.0991 e. The van der Waals surface area contributed by atoms with Crippen molar-refractivity contribution in [1.82, 2.24) is 10.3 Å². The van der Waals surface area contributed by atoms with Gasteiger partial charge < -0.3 is 5.32 Å². The van der Waals surface area contributed by atoms with Crippen molar-refractivity contribution >= 4 is 0 Å². The van der Waals surface area contributed by atoms with Crippen LogP contribution in [0.3, 0.4) is 0 Å². The number of nitrogens with zero attached hydrogens (tertiary/aromatic N) is 2. The Balaban J connectivity index is 1.73. The van der Waals surface area contributed by atoms with E-state index in [-0.39, 0.29) is 6.04 Å². The zero-order valence-corrected chi connectivity index (χ0v) is 11.5. The molecule has 2 unspecified atom stereocenters. The van der Waals surface area contributed by atoms with Crippen LogP contribution in [0.25, 0.3) is 0 Å². The van der Waals surface area contributed by atoms with Gasteiger partial charge in [-0.25, -0.2) is 0 Å². The number of nitrogens with one attached hydrogen (secondary N) is 1. The average Bonchev–Trinajstić information content (AvgIpc) is 2.91. The number of aryl methyl sites for hydroxylation is 1. The average molecular weight is 263 g/mol. The molecule has 1 aliphatic carbocycles. The van der Waals surface area contributed by atoms with Crippen molar-refractivity contribution in [1.29, 1.82) is 5.26 Å².